The van der Waals surface area contributed by atoms with Crippen LogP contribution in [0.2, 0.25) is 0 Å². The summed E-state index contributed by atoms with van der Waals surface area (Å²) in [7, 11) is 0. The molecule has 5 heteroatoms. The fourth-order valence-electron chi connectivity index (χ4n) is 2.89. The molecule has 0 bridgehead atoms. The number of carbonyl (C=O) groups excluding carboxylic acids is 1. The van der Waals surface area contributed by atoms with Crippen molar-refractivity contribution in [3.8, 4) is 0 Å². The lowest BCUT2D eigenvalue weighted by atomic mass is 9.98. The predicted octanol–water partition coefficient (Wildman–Crippen LogP) is 2.74. The number of hydrogen-bond acceptors (Lipinski definition) is 4. The Morgan fingerprint density at radius 3 is 2.57 bits per heavy atom. The number of aromatic nitrogens is 2. The molecule has 1 aliphatic rings. The van der Waals surface area contributed by atoms with Crippen molar-refractivity contribution in [1.82, 2.24) is 9.55 Å². The number of nitrogens with zero attached hydrogens (tertiary/aromatic N) is 2. The van der Waals surface area contributed by atoms with Crippen LogP contribution in [0.25, 0.3) is 10.9 Å². The van der Waals surface area contributed by atoms with Crippen LogP contribution in [-0.2, 0) is 29.1 Å². The summed E-state index contributed by atoms with van der Waals surface area (Å²) in [6, 6.07) is 3.98. The number of carbonyl (C=O) groups is 1. The van der Waals surface area contributed by atoms with E-state index in [-0.39, 0.29) is 18.3 Å². The van der Waals surface area contributed by atoms with Crippen molar-refractivity contribution in [3.05, 3.63) is 39.4 Å². The highest BCUT2D eigenvalue weighted by Gasteiger charge is 2.23. The fourth-order valence-corrected chi connectivity index (χ4v) is 2.89. The fraction of sp³-hybridized carbons (Fsp3) is 0.500. The summed E-state index contributed by atoms with van der Waals surface area (Å²) in [5.41, 5.74) is 2.51. The lowest BCUT2D eigenvalue weighted by Crippen LogP contribution is -2.30. The molecule has 1 aromatic carbocycles. The molecule has 0 spiro atoms. The van der Waals surface area contributed by atoms with E-state index in [9.17, 15) is 9.59 Å². The zero-order valence-corrected chi connectivity index (χ0v) is 14.1. The maximum Gasteiger partial charge on any atom is 0.312 e. The van der Waals surface area contributed by atoms with Crippen molar-refractivity contribution in [2.75, 3.05) is 0 Å². The summed E-state index contributed by atoms with van der Waals surface area (Å²) in [6.45, 7) is 7.02. The molecule has 2 aromatic rings. The van der Waals surface area contributed by atoms with Crippen LogP contribution in [0.1, 0.15) is 44.1 Å². The Morgan fingerprint density at radius 1 is 1.26 bits per heavy atom. The van der Waals surface area contributed by atoms with Crippen molar-refractivity contribution in [2.45, 2.75) is 53.7 Å². The van der Waals surface area contributed by atoms with Crippen LogP contribution in [0.5, 0.6) is 0 Å². The molecule has 0 atom stereocenters. The van der Waals surface area contributed by atoms with Gasteiger partial charge >= 0.3 is 5.97 Å². The summed E-state index contributed by atoms with van der Waals surface area (Å²) in [4.78, 5) is 29.2. The predicted molar refractivity (Wildman–Crippen MR) is 88.3 cm³/mol. The van der Waals surface area contributed by atoms with Crippen molar-refractivity contribution in [1.29, 1.82) is 0 Å². The lowest BCUT2D eigenvalue weighted by Gasteiger charge is -2.18. The molecule has 122 valence electrons. The number of ether oxygens (including phenoxy) is 1. The monoisotopic (exact) mass is 314 g/mol. The number of benzene rings is 1. The highest BCUT2D eigenvalue weighted by atomic mass is 16.5. The Hall–Kier alpha value is -2.17. The summed E-state index contributed by atoms with van der Waals surface area (Å²) in [5, 5.41) is 0.600. The van der Waals surface area contributed by atoms with E-state index in [1.807, 2.05) is 12.1 Å². The molecule has 1 aromatic heterocycles. The van der Waals surface area contributed by atoms with E-state index in [0.29, 0.717) is 11.2 Å². The topological polar surface area (TPSA) is 61.2 Å². The van der Waals surface area contributed by atoms with Gasteiger partial charge in [0, 0.05) is 0 Å². The number of fused-ring (bicyclic) bond motifs is 2. The molecule has 1 aliphatic carbocycles. The highest BCUT2D eigenvalue weighted by Crippen LogP contribution is 2.25. The summed E-state index contributed by atoms with van der Waals surface area (Å²) < 4.78 is 6.70. The molecule has 0 aliphatic heterocycles. The van der Waals surface area contributed by atoms with Crippen molar-refractivity contribution < 1.29 is 9.53 Å². The van der Waals surface area contributed by atoms with Crippen LogP contribution < -0.4 is 5.56 Å². The molecule has 0 saturated carbocycles. The minimum Gasteiger partial charge on any atom is -0.443 e. The van der Waals surface area contributed by atoms with E-state index in [1.165, 1.54) is 15.7 Å². The van der Waals surface area contributed by atoms with Crippen LogP contribution in [0, 0.1) is 12.3 Å². The summed E-state index contributed by atoms with van der Waals surface area (Å²) in [6.07, 6.45) is 3.19. The van der Waals surface area contributed by atoms with E-state index >= 15 is 0 Å². The molecule has 23 heavy (non-hydrogen) atoms. The molecule has 3 rings (SSSR count). The first kappa shape index (κ1) is 15.7. The van der Waals surface area contributed by atoms with Crippen LogP contribution in [0.15, 0.2) is 16.9 Å². The molecule has 0 saturated heterocycles. The second kappa shape index (κ2) is 5.48. The van der Waals surface area contributed by atoms with Gasteiger partial charge in [0.1, 0.15) is 5.82 Å². The van der Waals surface area contributed by atoms with Gasteiger partial charge in [0.15, 0.2) is 6.73 Å². The molecule has 0 fully saturated rings. The Labute approximate surface area is 135 Å². The average molecular weight is 314 g/mol. The van der Waals surface area contributed by atoms with Gasteiger partial charge in [-0.15, -0.1) is 0 Å². The first-order chi connectivity index (χ1) is 10.8. The first-order valence-electron chi connectivity index (χ1n) is 7.97. The minimum atomic E-state index is -0.595. The number of esters is 1. The lowest BCUT2D eigenvalue weighted by molar-refractivity contribution is -0.157. The largest absolute Gasteiger partial charge is 0.443 e. The molecule has 1 heterocycles. The van der Waals surface area contributed by atoms with Gasteiger partial charge in [-0.25, -0.2) is 4.98 Å². The van der Waals surface area contributed by atoms with Gasteiger partial charge in [-0.3, -0.25) is 14.2 Å². The number of aryl methyl sites for hydroxylation is 3. The summed E-state index contributed by atoms with van der Waals surface area (Å²) >= 11 is 0. The number of rotatable bonds is 2. The van der Waals surface area contributed by atoms with E-state index in [0.717, 1.165) is 24.8 Å². The van der Waals surface area contributed by atoms with Gasteiger partial charge < -0.3 is 4.74 Å². The highest BCUT2D eigenvalue weighted by molar-refractivity contribution is 5.80. The Morgan fingerprint density at radius 2 is 1.91 bits per heavy atom. The van der Waals surface area contributed by atoms with E-state index in [4.69, 9.17) is 4.74 Å². The van der Waals surface area contributed by atoms with Crippen molar-refractivity contribution in [2.24, 2.45) is 5.41 Å². The van der Waals surface area contributed by atoms with Gasteiger partial charge in [0.25, 0.3) is 5.56 Å². The van der Waals surface area contributed by atoms with Crippen LogP contribution >= 0.6 is 0 Å². The van der Waals surface area contributed by atoms with E-state index in [1.54, 1.807) is 27.7 Å². The first-order valence-corrected chi connectivity index (χ1v) is 7.97. The van der Waals surface area contributed by atoms with Crippen molar-refractivity contribution >= 4 is 16.9 Å². The summed E-state index contributed by atoms with van der Waals surface area (Å²) in [5.74, 6) is 0.222. The maximum absolute atomic E-state index is 12.7. The van der Waals surface area contributed by atoms with Gasteiger partial charge in [-0.05, 0) is 70.2 Å². The molecular weight excluding hydrogens is 292 g/mol. The maximum atomic E-state index is 12.7. The third kappa shape index (κ3) is 2.87. The third-order valence-corrected chi connectivity index (χ3v) is 4.30. The molecule has 5 nitrogen and oxygen atoms in total. The SMILES string of the molecule is Cc1nc2cc3c(cc2c(=O)n1COC(=O)C(C)(C)C)CCC3. The second-order valence-corrected chi connectivity index (χ2v) is 7.19. The van der Waals surface area contributed by atoms with Crippen LogP contribution in [0.3, 0.4) is 0 Å². The Bertz CT molecular complexity index is 844. The van der Waals surface area contributed by atoms with Crippen LogP contribution in [0.4, 0.5) is 0 Å². The van der Waals surface area contributed by atoms with Gasteiger partial charge in [0.2, 0.25) is 0 Å². The van der Waals surface area contributed by atoms with Gasteiger partial charge in [0.05, 0.1) is 16.3 Å². The molecule has 0 N–H and O–H groups in total. The quantitative estimate of drug-likeness (QED) is 0.800. The molecular formula is C18H22N2O3. The Balaban J connectivity index is 2.00. The molecule has 0 unspecified atom stereocenters. The van der Waals surface area contributed by atoms with E-state index in [2.05, 4.69) is 4.98 Å². The molecule has 0 radical (unpaired) electrons. The number of hydrogen-bond donors (Lipinski definition) is 0. The standard InChI is InChI=1S/C18H22N2O3/c1-11-19-15-9-13-7-5-6-12(13)8-14(15)16(21)20(11)10-23-17(22)18(2,3)4/h8-9H,5-7,10H2,1-4H3. The zero-order chi connectivity index (χ0) is 16.8. The van der Waals surface area contributed by atoms with Gasteiger partial charge in [-0.1, -0.05) is 0 Å². The average Bonchev–Trinajstić information content (AvgIpc) is 2.91. The van der Waals surface area contributed by atoms with E-state index < -0.39 is 5.41 Å². The zero-order valence-electron chi connectivity index (χ0n) is 14.1. The van der Waals surface area contributed by atoms with Crippen LogP contribution in [-0.4, -0.2) is 15.5 Å². The normalized spacial score (nSPS) is 14.1. The van der Waals surface area contributed by atoms with Crippen molar-refractivity contribution in [3.63, 3.8) is 0 Å². The van der Waals surface area contributed by atoms with Gasteiger partial charge in [-0.2, -0.15) is 0 Å². The molecule has 0 amide bonds. The smallest absolute Gasteiger partial charge is 0.312 e. The second-order valence-electron chi connectivity index (χ2n) is 7.19. The third-order valence-electron chi connectivity index (χ3n) is 4.30. The Kier molecular flexibility index (Phi) is 3.74. The minimum absolute atomic E-state index is 0.0964.